The van der Waals surface area contributed by atoms with Gasteiger partial charge >= 0.3 is 12.3 Å². The van der Waals surface area contributed by atoms with Crippen LogP contribution in [0.4, 0.5) is 18.0 Å². The average Bonchev–Trinajstić information content (AvgIpc) is 2.40. The molecule has 0 spiro atoms. The Hall–Kier alpha value is -2.23. The van der Waals surface area contributed by atoms with Crippen LogP contribution in [0.2, 0.25) is 0 Å². The van der Waals surface area contributed by atoms with E-state index in [9.17, 15) is 18.0 Å². The number of hydrogen-bond acceptors (Lipinski definition) is 3. The molecule has 7 heteroatoms. The van der Waals surface area contributed by atoms with Crippen LogP contribution in [0.3, 0.4) is 0 Å². The lowest BCUT2D eigenvalue weighted by Gasteiger charge is -2.22. The predicted octanol–water partition coefficient (Wildman–Crippen LogP) is 3.10. The molecule has 0 saturated heterocycles. The maximum Gasteiger partial charge on any atom is 0.410 e. The monoisotopic (exact) mass is 286 g/mol. The molecule has 0 aliphatic carbocycles. The second kappa shape index (κ2) is 7.38. The van der Waals surface area contributed by atoms with E-state index in [0.717, 1.165) is 0 Å². The van der Waals surface area contributed by atoms with Crippen molar-refractivity contribution in [3.05, 3.63) is 35.9 Å². The van der Waals surface area contributed by atoms with Crippen LogP contribution in [0.15, 0.2) is 30.3 Å². The van der Waals surface area contributed by atoms with Crippen molar-refractivity contribution < 1.29 is 22.7 Å². The fourth-order valence-corrected chi connectivity index (χ4v) is 1.45. The quantitative estimate of drug-likeness (QED) is 0.835. The van der Waals surface area contributed by atoms with E-state index < -0.39 is 18.8 Å². The van der Waals surface area contributed by atoms with Crippen LogP contribution in [0.5, 0.6) is 0 Å². The molecule has 1 aromatic rings. The third-order valence-corrected chi connectivity index (χ3v) is 2.33. The zero-order valence-corrected chi connectivity index (χ0v) is 10.6. The fraction of sp³-hybridized carbons (Fsp3) is 0.385. The van der Waals surface area contributed by atoms with Gasteiger partial charge in [0.2, 0.25) is 0 Å². The summed E-state index contributed by atoms with van der Waals surface area (Å²) in [6, 6.07) is 10.3. The van der Waals surface area contributed by atoms with Crippen LogP contribution in [-0.4, -0.2) is 30.3 Å². The summed E-state index contributed by atoms with van der Waals surface area (Å²) in [6.07, 6.45) is -5.79. The second-order valence-corrected chi connectivity index (χ2v) is 3.99. The van der Waals surface area contributed by atoms with E-state index in [2.05, 4.69) is 0 Å². The van der Waals surface area contributed by atoms with E-state index >= 15 is 0 Å². The number of nitrogens with zero attached hydrogens (tertiary/aromatic N) is 2. The summed E-state index contributed by atoms with van der Waals surface area (Å²) in [5, 5.41) is 8.39. The summed E-state index contributed by atoms with van der Waals surface area (Å²) in [5.41, 5.74) is 0.674. The van der Waals surface area contributed by atoms with Crippen LogP contribution < -0.4 is 0 Å². The second-order valence-electron chi connectivity index (χ2n) is 3.99. The van der Waals surface area contributed by atoms with E-state index in [1.807, 2.05) is 0 Å². The van der Waals surface area contributed by atoms with Crippen LogP contribution >= 0.6 is 0 Å². The van der Waals surface area contributed by atoms with Gasteiger partial charge in [0.25, 0.3) is 0 Å². The number of carbonyl (C=O) groups is 1. The summed E-state index contributed by atoms with van der Waals surface area (Å²) in [5.74, 6) is 0. The van der Waals surface area contributed by atoms with Crippen molar-refractivity contribution in [2.45, 2.75) is 19.2 Å². The Balaban J connectivity index is 2.56. The molecule has 0 fully saturated rings. The molecule has 0 radical (unpaired) electrons. The van der Waals surface area contributed by atoms with Gasteiger partial charge in [-0.25, -0.2) is 4.79 Å². The summed E-state index contributed by atoms with van der Waals surface area (Å²) < 4.78 is 41.8. The van der Waals surface area contributed by atoms with Gasteiger partial charge in [0.15, 0.2) is 0 Å². The van der Waals surface area contributed by atoms with Gasteiger partial charge in [0.1, 0.15) is 13.2 Å². The van der Waals surface area contributed by atoms with Gasteiger partial charge in [-0.3, -0.25) is 4.90 Å². The predicted molar refractivity (Wildman–Crippen MR) is 64.5 cm³/mol. The fourth-order valence-electron chi connectivity index (χ4n) is 1.45. The first-order valence-electron chi connectivity index (χ1n) is 5.81. The van der Waals surface area contributed by atoms with Gasteiger partial charge in [0, 0.05) is 6.54 Å². The molecule has 0 aromatic heterocycles. The number of amides is 1. The van der Waals surface area contributed by atoms with Crippen molar-refractivity contribution in [2.75, 3.05) is 13.1 Å². The Kier molecular flexibility index (Phi) is 5.84. The van der Waals surface area contributed by atoms with Gasteiger partial charge in [-0.05, 0) is 5.56 Å². The Bertz CT molecular complexity index is 469. The molecule has 0 atom stereocenters. The molecule has 0 aliphatic rings. The van der Waals surface area contributed by atoms with Crippen molar-refractivity contribution in [3.63, 3.8) is 0 Å². The highest BCUT2D eigenvalue weighted by Gasteiger charge is 2.33. The minimum Gasteiger partial charge on any atom is -0.445 e. The number of carbonyl (C=O) groups excluding carboxylic acids is 1. The average molecular weight is 286 g/mol. The maximum atomic E-state index is 12.3. The zero-order valence-electron chi connectivity index (χ0n) is 10.6. The number of alkyl halides is 3. The molecule has 20 heavy (non-hydrogen) atoms. The number of hydrogen-bond donors (Lipinski definition) is 0. The first kappa shape index (κ1) is 15.8. The Morgan fingerprint density at radius 2 is 1.95 bits per heavy atom. The molecule has 0 N–H and O–H groups in total. The van der Waals surface area contributed by atoms with Crippen LogP contribution in [0.25, 0.3) is 0 Å². The largest absolute Gasteiger partial charge is 0.445 e. The molecule has 0 aliphatic heterocycles. The van der Waals surface area contributed by atoms with E-state index in [1.165, 1.54) is 0 Å². The zero-order chi connectivity index (χ0) is 15.0. The summed E-state index contributed by atoms with van der Waals surface area (Å²) in [7, 11) is 0. The van der Waals surface area contributed by atoms with Crippen molar-refractivity contribution in [3.8, 4) is 6.07 Å². The highest BCUT2D eigenvalue weighted by Crippen LogP contribution is 2.17. The van der Waals surface area contributed by atoms with Crippen molar-refractivity contribution in [1.82, 2.24) is 4.90 Å². The highest BCUT2D eigenvalue weighted by atomic mass is 19.4. The lowest BCUT2D eigenvalue weighted by molar-refractivity contribution is -0.142. The minimum atomic E-state index is -4.53. The molecule has 4 nitrogen and oxygen atoms in total. The molecule has 0 bridgehead atoms. The molecule has 108 valence electrons. The smallest absolute Gasteiger partial charge is 0.410 e. The van der Waals surface area contributed by atoms with Gasteiger partial charge in [-0.15, -0.1) is 0 Å². The molecule has 0 saturated carbocycles. The number of rotatable bonds is 5. The Labute approximate surface area is 114 Å². The third kappa shape index (κ3) is 6.09. The van der Waals surface area contributed by atoms with Crippen LogP contribution in [0.1, 0.15) is 12.0 Å². The first-order chi connectivity index (χ1) is 9.42. The number of ether oxygens (including phenoxy) is 1. The van der Waals surface area contributed by atoms with E-state index in [4.69, 9.17) is 10.00 Å². The third-order valence-electron chi connectivity index (χ3n) is 2.33. The molecule has 1 amide bonds. The van der Waals surface area contributed by atoms with E-state index in [1.54, 1.807) is 36.4 Å². The molecule has 1 aromatic carbocycles. The summed E-state index contributed by atoms with van der Waals surface area (Å²) in [4.78, 5) is 12.1. The SMILES string of the molecule is N#CCCN(CC(F)(F)F)C(=O)OCc1ccccc1. The standard InChI is InChI=1S/C13H13F3N2O2/c14-13(15,16)10-18(8-4-7-17)12(19)20-9-11-5-2-1-3-6-11/h1-3,5-6H,4,8-10H2. The van der Waals surface area contributed by atoms with Crippen molar-refractivity contribution in [2.24, 2.45) is 0 Å². The van der Waals surface area contributed by atoms with Crippen molar-refractivity contribution in [1.29, 1.82) is 5.26 Å². The lowest BCUT2D eigenvalue weighted by Crippen LogP contribution is -2.39. The summed E-state index contributed by atoms with van der Waals surface area (Å²) >= 11 is 0. The topological polar surface area (TPSA) is 53.3 Å². The molecule has 0 unspecified atom stereocenters. The Morgan fingerprint density at radius 3 is 2.50 bits per heavy atom. The Morgan fingerprint density at radius 1 is 1.30 bits per heavy atom. The number of halogens is 3. The molecule has 1 rings (SSSR count). The van der Waals surface area contributed by atoms with Gasteiger partial charge < -0.3 is 4.74 Å². The highest BCUT2D eigenvalue weighted by molar-refractivity contribution is 5.67. The lowest BCUT2D eigenvalue weighted by atomic mass is 10.2. The molecule has 0 heterocycles. The first-order valence-corrected chi connectivity index (χ1v) is 5.81. The van der Waals surface area contributed by atoms with E-state index in [-0.39, 0.29) is 19.6 Å². The number of nitriles is 1. The molecular formula is C13H13F3N2O2. The van der Waals surface area contributed by atoms with Crippen molar-refractivity contribution >= 4 is 6.09 Å². The minimum absolute atomic E-state index is 0.111. The summed E-state index contributed by atoms with van der Waals surface area (Å²) in [6.45, 7) is -1.85. The number of benzene rings is 1. The van der Waals surface area contributed by atoms with Gasteiger partial charge in [-0.1, -0.05) is 30.3 Å². The molecular weight excluding hydrogens is 273 g/mol. The van der Waals surface area contributed by atoms with Crippen LogP contribution in [-0.2, 0) is 11.3 Å². The van der Waals surface area contributed by atoms with Gasteiger partial charge in [-0.2, -0.15) is 18.4 Å². The van der Waals surface area contributed by atoms with E-state index in [0.29, 0.717) is 10.5 Å². The van der Waals surface area contributed by atoms with Crippen LogP contribution in [0, 0.1) is 11.3 Å². The van der Waals surface area contributed by atoms with Gasteiger partial charge in [0.05, 0.1) is 12.5 Å². The normalized spacial score (nSPS) is 10.7. The maximum absolute atomic E-state index is 12.3.